The number of hydrogen-bond donors (Lipinski definition) is 1. The van der Waals surface area contributed by atoms with Gasteiger partial charge in [-0.15, -0.1) is 0 Å². The smallest absolute Gasteiger partial charge is 0.336 e. The molecule has 1 N–H and O–H groups in total. The Kier molecular flexibility index (Phi) is 1.68. The van der Waals surface area contributed by atoms with Crippen molar-refractivity contribution >= 4 is 28.6 Å². The number of carbonyl (C=O) groups is 1. The molecule has 0 radical (unpaired) electrons. The lowest BCUT2D eigenvalue weighted by Crippen LogP contribution is -2.21. The fourth-order valence-electron chi connectivity index (χ4n) is 1.50. The quantitative estimate of drug-likeness (QED) is 0.516. The lowest BCUT2D eigenvalue weighted by atomic mass is 10.0. The molecule has 4 heteroatoms. The largest absolute Gasteiger partial charge is 0.455 e. The number of aliphatic hydroxyl groups excluding tert-OH is 1. The van der Waals surface area contributed by atoms with E-state index in [0.29, 0.717) is 0 Å². The van der Waals surface area contributed by atoms with Crippen LogP contribution in [0.3, 0.4) is 0 Å². The SMILES string of the molecule is O=C1O[C@H]2C(I)=CC[C@H]2[C@H]1O. The summed E-state index contributed by atoms with van der Waals surface area (Å²) in [7, 11) is 0. The molecule has 2 rings (SSSR count). The number of esters is 1. The molecule has 0 aromatic heterocycles. The van der Waals surface area contributed by atoms with Gasteiger partial charge in [-0.2, -0.15) is 0 Å². The monoisotopic (exact) mass is 266 g/mol. The first-order chi connectivity index (χ1) is 5.20. The molecule has 2 aliphatic rings. The minimum absolute atomic E-state index is 0.0191. The van der Waals surface area contributed by atoms with Crippen LogP contribution in [0.15, 0.2) is 9.66 Å². The summed E-state index contributed by atoms with van der Waals surface area (Å²) in [4.78, 5) is 10.8. The number of ether oxygens (including phenoxy) is 1. The minimum atomic E-state index is -0.900. The van der Waals surface area contributed by atoms with E-state index in [1.54, 1.807) is 0 Å². The van der Waals surface area contributed by atoms with Gasteiger partial charge < -0.3 is 9.84 Å². The van der Waals surface area contributed by atoms with Crippen LogP contribution in [-0.4, -0.2) is 23.3 Å². The van der Waals surface area contributed by atoms with Crippen LogP contribution in [0.5, 0.6) is 0 Å². The van der Waals surface area contributed by atoms with Crippen molar-refractivity contribution in [3.8, 4) is 0 Å². The van der Waals surface area contributed by atoms with Crippen molar-refractivity contribution in [2.75, 3.05) is 0 Å². The van der Waals surface area contributed by atoms with Gasteiger partial charge in [0, 0.05) is 9.50 Å². The summed E-state index contributed by atoms with van der Waals surface area (Å²) in [5.41, 5.74) is 0. The van der Waals surface area contributed by atoms with Crippen molar-refractivity contribution in [1.29, 1.82) is 0 Å². The highest BCUT2D eigenvalue weighted by molar-refractivity contribution is 14.1. The Labute approximate surface area is 77.6 Å². The zero-order valence-electron chi connectivity index (χ0n) is 5.66. The third kappa shape index (κ3) is 0.997. The maximum absolute atomic E-state index is 10.8. The van der Waals surface area contributed by atoms with Crippen molar-refractivity contribution < 1.29 is 14.6 Å². The molecule has 0 aromatic carbocycles. The molecule has 0 spiro atoms. The predicted octanol–water partition coefficient (Wildman–Crippen LogP) is 0.611. The van der Waals surface area contributed by atoms with Crippen LogP contribution in [0.2, 0.25) is 0 Å². The summed E-state index contributed by atoms with van der Waals surface area (Å²) >= 11 is 2.14. The topological polar surface area (TPSA) is 46.5 Å². The molecule has 0 aromatic rings. The third-order valence-electron chi connectivity index (χ3n) is 2.14. The zero-order chi connectivity index (χ0) is 8.01. The molecule has 1 aliphatic heterocycles. The second-order valence-corrected chi connectivity index (χ2v) is 4.04. The molecule has 1 fully saturated rings. The Balaban J connectivity index is 2.24. The summed E-state index contributed by atoms with van der Waals surface area (Å²) in [6, 6.07) is 0. The Morgan fingerprint density at radius 3 is 3.09 bits per heavy atom. The predicted molar refractivity (Wildman–Crippen MR) is 46.1 cm³/mol. The van der Waals surface area contributed by atoms with Crippen LogP contribution in [0, 0.1) is 5.92 Å². The lowest BCUT2D eigenvalue weighted by Gasteiger charge is -2.08. The minimum Gasteiger partial charge on any atom is -0.455 e. The first-order valence-corrected chi connectivity index (χ1v) is 4.52. The van der Waals surface area contributed by atoms with Gasteiger partial charge in [0.15, 0.2) is 6.10 Å². The second-order valence-electron chi connectivity index (χ2n) is 2.79. The number of halogens is 1. The third-order valence-corrected chi connectivity index (χ3v) is 3.19. The molecule has 1 aliphatic carbocycles. The van der Waals surface area contributed by atoms with Gasteiger partial charge in [0.1, 0.15) is 6.10 Å². The van der Waals surface area contributed by atoms with Gasteiger partial charge in [-0.1, -0.05) is 6.08 Å². The van der Waals surface area contributed by atoms with Crippen LogP contribution in [0.1, 0.15) is 6.42 Å². The molecule has 3 atom stereocenters. The van der Waals surface area contributed by atoms with Gasteiger partial charge in [-0.25, -0.2) is 4.79 Å². The van der Waals surface area contributed by atoms with Crippen molar-refractivity contribution in [3.63, 3.8) is 0 Å². The first kappa shape index (κ1) is 7.54. The van der Waals surface area contributed by atoms with E-state index in [9.17, 15) is 9.90 Å². The van der Waals surface area contributed by atoms with Gasteiger partial charge in [0.25, 0.3) is 0 Å². The van der Waals surface area contributed by atoms with E-state index in [1.165, 1.54) is 0 Å². The number of rotatable bonds is 0. The van der Waals surface area contributed by atoms with Crippen molar-refractivity contribution in [3.05, 3.63) is 9.66 Å². The van der Waals surface area contributed by atoms with Gasteiger partial charge in [0.05, 0.1) is 0 Å². The van der Waals surface area contributed by atoms with Crippen molar-refractivity contribution in [2.45, 2.75) is 18.6 Å². The maximum atomic E-state index is 10.8. The number of carbonyl (C=O) groups excluding carboxylic acids is 1. The summed E-state index contributed by atoms with van der Waals surface area (Å²) in [5.74, 6) is -0.489. The fourth-order valence-corrected chi connectivity index (χ4v) is 2.34. The highest BCUT2D eigenvalue weighted by Crippen LogP contribution is 2.39. The average Bonchev–Trinajstić information content (AvgIpc) is 2.43. The van der Waals surface area contributed by atoms with Crippen LogP contribution in [0.25, 0.3) is 0 Å². The van der Waals surface area contributed by atoms with Crippen LogP contribution < -0.4 is 0 Å². The Hall–Kier alpha value is -0.100. The van der Waals surface area contributed by atoms with Gasteiger partial charge in [-0.3, -0.25) is 0 Å². The van der Waals surface area contributed by atoms with E-state index in [4.69, 9.17) is 4.74 Å². The normalized spacial score (nSPS) is 41.8. The molecule has 0 unspecified atom stereocenters. The molecular formula is C7H7IO3. The number of allylic oxidation sites excluding steroid dienone is 1. The summed E-state index contributed by atoms with van der Waals surface area (Å²) in [6.07, 6.45) is 1.71. The maximum Gasteiger partial charge on any atom is 0.336 e. The molecule has 0 saturated carbocycles. The van der Waals surface area contributed by atoms with Gasteiger partial charge in [0.2, 0.25) is 0 Å². The Morgan fingerprint density at radius 1 is 1.73 bits per heavy atom. The van der Waals surface area contributed by atoms with E-state index >= 15 is 0 Å². The van der Waals surface area contributed by atoms with E-state index in [-0.39, 0.29) is 12.0 Å². The van der Waals surface area contributed by atoms with Crippen molar-refractivity contribution in [1.82, 2.24) is 0 Å². The summed E-state index contributed by atoms with van der Waals surface area (Å²) < 4.78 is 5.98. The summed E-state index contributed by atoms with van der Waals surface area (Å²) in [5, 5.41) is 9.27. The van der Waals surface area contributed by atoms with E-state index in [1.807, 2.05) is 6.08 Å². The molecule has 11 heavy (non-hydrogen) atoms. The van der Waals surface area contributed by atoms with Crippen molar-refractivity contribution in [2.24, 2.45) is 5.92 Å². The van der Waals surface area contributed by atoms with Crippen LogP contribution in [-0.2, 0) is 9.53 Å². The van der Waals surface area contributed by atoms with E-state index < -0.39 is 12.1 Å². The Bertz CT molecular complexity index is 236. The van der Waals surface area contributed by atoms with Gasteiger partial charge in [-0.05, 0) is 29.0 Å². The number of aliphatic hydroxyl groups is 1. The molecule has 1 heterocycles. The first-order valence-electron chi connectivity index (χ1n) is 3.44. The van der Waals surface area contributed by atoms with E-state index in [0.717, 1.165) is 10.0 Å². The van der Waals surface area contributed by atoms with Crippen LogP contribution >= 0.6 is 22.6 Å². The Morgan fingerprint density at radius 2 is 2.45 bits per heavy atom. The molecule has 0 bridgehead atoms. The number of fused-ring (bicyclic) bond motifs is 1. The second kappa shape index (κ2) is 2.45. The highest BCUT2D eigenvalue weighted by Gasteiger charge is 2.46. The fraction of sp³-hybridized carbons (Fsp3) is 0.571. The lowest BCUT2D eigenvalue weighted by molar-refractivity contribution is -0.146. The molecule has 3 nitrogen and oxygen atoms in total. The highest BCUT2D eigenvalue weighted by atomic mass is 127. The van der Waals surface area contributed by atoms with E-state index in [2.05, 4.69) is 22.6 Å². The average molecular weight is 266 g/mol. The molecule has 60 valence electrons. The van der Waals surface area contributed by atoms with Crippen LogP contribution in [0.4, 0.5) is 0 Å². The standard InChI is InChI=1S/C7H7IO3/c8-4-2-1-3-5(9)7(10)11-6(3)4/h2-3,5-6,9H,1H2/t3-,5+,6+/m0/s1. The number of hydrogen-bond acceptors (Lipinski definition) is 3. The molecule has 0 amide bonds. The molecule has 1 saturated heterocycles. The molecular weight excluding hydrogens is 259 g/mol. The summed E-state index contributed by atoms with van der Waals surface area (Å²) in [6.45, 7) is 0. The zero-order valence-corrected chi connectivity index (χ0v) is 7.82. The van der Waals surface area contributed by atoms with Gasteiger partial charge >= 0.3 is 5.97 Å².